The summed E-state index contributed by atoms with van der Waals surface area (Å²) in [6.07, 6.45) is 1.94. The molecule has 0 fully saturated rings. The molecule has 5 rings (SSSR count). The van der Waals surface area contributed by atoms with Crippen LogP contribution in [0, 0.1) is 27.7 Å². The summed E-state index contributed by atoms with van der Waals surface area (Å²) >= 11 is 1.33. The van der Waals surface area contributed by atoms with Crippen molar-refractivity contribution < 1.29 is 14.3 Å². The van der Waals surface area contributed by atoms with Crippen molar-refractivity contribution in [3.8, 4) is 11.4 Å². The average Bonchev–Trinajstić information content (AvgIpc) is 3.38. The summed E-state index contributed by atoms with van der Waals surface area (Å²) in [7, 11) is 0. The molecule has 0 amide bonds. The van der Waals surface area contributed by atoms with Crippen molar-refractivity contribution in [1.82, 2.24) is 9.13 Å². The SMILES string of the molecule is CCOC(=O)C1=C(C)N=c2s/c(=C\c3cc(C)n(-c4c(C)cccc4C)c3C)c(=O)n2[C@@H]1c1ccc(OCC)cc1. The van der Waals surface area contributed by atoms with Crippen molar-refractivity contribution >= 4 is 23.4 Å². The van der Waals surface area contributed by atoms with Gasteiger partial charge in [0.1, 0.15) is 5.75 Å². The number of hydrogen-bond acceptors (Lipinski definition) is 6. The van der Waals surface area contributed by atoms with Crippen LogP contribution < -0.4 is 19.6 Å². The van der Waals surface area contributed by atoms with Crippen LogP contribution in [-0.4, -0.2) is 28.3 Å². The topological polar surface area (TPSA) is 74.8 Å². The summed E-state index contributed by atoms with van der Waals surface area (Å²) in [5.74, 6) is 0.250. The van der Waals surface area contributed by atoms with E-state index in [1.54, 1.807) is 18.4 Å². The van der Waals surface area contributed by atoms with Gasteiger partial charge in [0.25, 0.3) is 5.56 Å². The number of nitrogens with zero attached hydrogens (tertiary/aromatic N) is 3. The van der Waals surface area contributed by atoms with Gasteiger partial charge in [-0.3, -0.25) is 9.36 Å². The van der Waals surface area contributed by atoms with Gasteiger partial charge >= 0.3 is 5.97 Å². The lowest BCUT2D eigenvalue weighted by Crippen LogP contribution is -2.39. The third-order valence-electron chi connectivity index (χ3n) is 7.44. The van der Waals surface area contributed by atoms with Crippen molar-refractivity contribution in [2.75, 3.05) is 13.2 Å². The Balaban J connectivity index is 1.69. The number of para-hydroxylation sites is 1. The molecular formula is C33H35N3O4S. The Kier molecular flexibility index (Phi) is 7.87. The second-order valence-corrected chi connectivity index (χ2v) is 11.2. The van der Waals surface area contributed by atoms with Gasteiger partial charge in [-0.1, -0.05) is 41.7 Å². The van der Waals surface area contributed by atoms with E-state index < -0.39 is 12.0 Å². The van der Waals surface area contributed by atoms with Gasteiger partial charge in [-0.15, -0.1) is 0 Å². The molecule has 0 saturated heterocycles. The van der Waals surface area contributed by atoms with Crippen LogP contribution in [0.15, 0.2) is 69.6 Å². The van der Waals surface area contributed by atoms with E-state index in [1.165, 1.54) is 22.5 Å². The minimum atomic E-state index is -0.662. The number of benzene rings is 2. The molecule has 4 aromatic rings. The van der Waals surface area contributed by atoms with Crippen LogP contribution in [0.3, 0.4) is 0 Å². The summed E-state index contributed by atoms with van der Waals surface area (Å²) in [5, 5.41) is 0. The number of aromatic nitrogens is 2. The molecule has 8 heteroatoms. The minimum absolute atomic E-state index is 0.196. The normalized spacial score (nSPS) is 15.1. The molecule has 0 N–H and O–H groups in total. The van der Waals surface area contributed by atoms with Crippen molar-refractivity contribution in [1.29, 1.82) is 0 Å². The van der Waals surface area contributed by atoms with Gasteiger partial charge in [-0.2, -0.15) is 0 Å². The maximum atomic E-state index is 14.1. The monoisotopic (exact) mass is 569 g/mol. The number of fused-ring (bicyclic) bond motifs is 1. The number of ether oxygens (including phenoxy) is 2. The predicted octanol–water partition coefficient (Wildman–Crippen LogP) is 5.22. The Bertz CT molecular complexity index is 1840. The Morgan fingerprint density at radius 1 is 1.00 bits per heavy atom. The van der Waals surface area contributed by atoms with Gasteiger partial charge in [-0.25, -0.2) is 9.79 Å². The Labute approximate surface area is 243 Å². The zero-order valence-corrected chi connectivity index (χ0v) is 25.4. The molecule has 0 radical (unpaired) electrons. The average molecular weight is 570 g/mol. The molecule has 212 valence electrons. The molecule has 41 heavy (non-hydrogen) atoms. The van der Waals surface area contributed by atoms with E-state index in [1.807, 2.05) is 37.3 Å². The molecule has 7 nitrogen and oxygen atoms in total. The smallest absolute Gasteiger partial charge is 0.338 e. The van der Waals surface area contributed by atoms with E-state index >= 15 is 0 Å². The molecule has 0 bridgehead atoms. The first-order valence-electron chi connectivity index (χ1n) is 13.8. The number of allylic oxidation sites excluding steroid dienone is 1. The van der Waals surface area contributed by atoms with Gasteiger partial charge in [0.05, 0.1) is 40.7 Å². The van der Waals surface area contributed by atoms with E-state index in [2.05, 4.69) is 56.5 Å². The van der Waals surface area contributed by atoms with Crippen LogP contribution in [0.2, 0.25) is 0 Å². The molecule has 0 spiro atoms. The van der Waals surface area contributed by atoms with Gasteiger partial charge < -0.3 is 14.0 Å². The molecule has 1 aliphatic heterocycles. The van der Waals surface area contributed by atoms with E-state index in [0.29, 0.717) is 27.2 Å². The van der Waals surface area contributed by atoms with E-state index in [0.717, 1.165) is 34.0 Å². The highest BCUT2D eigenvalue weighted by atomic mass is 32.1. The molecule has 2 aromatic heterocycles. The van der Waals surface area contributed by atoms with E-state index in [4.69, 9.17) is 14.5 Å². The second kappa shape index (κ2) is 11.4. The lowest BCUT2D eigenvalue weighted by atomic mass is 9.96. The quantitative estimate of drug-likeness (QED) is 0.286. The highest BCUT2D eigenvalue weighted by molar-refractivity contribution is 7.07. The fourth-order valence-electron chi connectivity index (χ4n) is 5.60. The van der Waals surface area contributed by atoms with Crippen LogP contribution in [0.1, 0.15) is 60.5 Å². The second-order valence-electron chi connectivity index (χ2n) is 10.2. The van der Waals surface area contributed by atoms with Gasteiger partial charge in [0.15, 0.2) is 4.80 Å². The summed E-state index contributed by atoms with van der Waals surface area (Å²) in [6.45, 7) is 14.7. The van der Waals surface area contributed by atoms with Gasteiger partial charge in [0.2, 0.25) is 0 Å². The first-order valence-corrected chi connectivity index (χ1v) is 14.7. The standard InChI is InChI=1S/C33H35N3O4S/c1-8-39-26-15-13-24(14-16-26)30-28(32(38)40-9-2)22(6)34-33-36(30)31(37)27(41-33)18-25-17-21(5)35(23(25)7)29-19(3)11-10-12-20(29)4/h10-18,30H,8-9H2,1-7H3/b27-18-/t30-/m1/s1. The third-order valence-corrected chi connectivity index (χ3v) is 8.43. The van der Waals surface area contributed by atoms with Crippen LogP contribution in [0.4, 0.5) is 0 Å². The fraction of sp³-hybridized carbons (Fsp3) is 0.303. The minimum Gasteiger partial charge on any atom is -0.494 e. The predicted molar refractivity (Wildman–Crippen MR) is 163 cm³/mol. The van der Waals surface area contributed by atoms with E-state index in [-0.39, 0.29) is 12.2 Å². The van der Waals surface area contributed by atoms with Gasteiger partial charge in [-0.05, 0) is 95.0 Å². The fourth-order valence-corrected chi connectivity index (χ4v) is 6.63. The molecule has 0 aliphatic carbocycles. The van der Waals surface area contributed by atoms with Crippen molar-refractivity contribution in [2.45, 2.75) is 54.5 Å². The number of carbonyl (C=O) groups excluding carboxylic acids is 1. The first kappa shape index (κ1) is 28.4. The summed E-state index contributed by atoms with van der Waals surface area (Å²) < 4.78 is 15.5. The molecule has 2 aromatic carbocycles. The van der Waals surface area contributed by atoms with Crippen LogP contribution in [0.5, 0.6) is 5.75 Å². The Morgan fingerprint density at radius 2 is 1.68 bits per heavy atom. The van der Waals surface area contributed by atoms with Crippen molar-refractivity contribution in [3.63, 3.8) is 0 Å². The maximum Gasteiger partial charge on any atom is 0.338 e. The lowest BCUT2D eigenvalue weighted by Gasteiger charge is -2.24. The largest absolute Gasteiger partial charge is 0.494 e. The van der Waals surface area contributed by atoms with Crippen LogP contribution >= 0.6 is 11.3 Å². The molecule has 1 aliphatic rings. The first-order chi connectivity index (χ1) is 19.7. The zero-order chi connectivity index (χ0) is 29.4. The van der Waals surface area contributed by atoms with Crippen molar-refractivity contribution in [2.24, 2.45) is 4.99 Å². The maximum absolute atomic E-state index is 14.1. The highest BCUT2D eigenvalue weighted by Crippen LogP contribution is 2.32. The van der Waals surface area contributed by atoms with Crippen LogP contribution in [-0.2, 0) is 9.53 Å². The lowest BCUT2D eigenvalue weighted by molar-refractivity contribution is -0.139. The zero-order valence-electron chi connectivity index (χ0n) is 24.6. The molecular weight excluding hydrogens is 534 g/mol. The number of hydrogen-bond donors (Lipinski definition) is 0. The summed E-state index contributed by atoms with van der Waals surface area (Å²) in [4.78, 5) is 32.5. The number of aryl methyl sites for hydroxylation is 3. The Hall–Kier alpha value is -4.17. The number of thiazole rings is 1. The number of rotatable bonds is 7. The molecule has 1 atom stereocenters. The van der Waals surface area contributed by atoms with Gasteiger partial charge in [0, 0.05) is 11.4 Å². The van der Waals surface area contributed by atoms with E-state index in [9.17, 15) is 9.59 Å². The van der Waals surface area contributed by atoms with Crippen LogP contribution in [0.25, 0.3) is 11.8 Å². The number of carbonyl (C=O) groups is 1. The molecule has 0 saturated carbocycles. The molecule has 3 heterocycles. The molecule has 0 unspecified atom stereocenters. The Morgan fingerprint density at radius 3 is 2.32 bits per heavy atom. The highest BCUT2D eigenvalue weighted by Gasteiger charge is 2.33. The summed E-state index contributed by atoms with van der Waals surface area (Å²) in [6, 6.07) is 15.2. The third kappa shape index (κ3) is 5.08. The number of esters is 1. The summed E-state index contributed by atoms with van der Waals surface area (Å²) in [5.41, 5.74) is 8.15. The van der Waals surface area contributed by atoms with Crippen molar-refractivity contribution in [3.05, 3.63) is 113 Å².